The van der Waals surface area contributed by atoms with Crippen LogP contribution in [0.3, 0.4) is 0 Å². The first-order chi connectivity index (χ1) is 12.5. The smallest absolute Gasteiger partial charge is 0.287 e. The lowest BCUT2D eigenvalue weighted by molar-refractivity contribution is 0.0918. The SMILES string of the molecule is CCn1ccc(CNC(=O)c2ccc(COc3ccc(F)cc3Cl)o2)n1. The number of amides is 1. The summed E-state index contributed by atoms with van der Waals surface area (Å²) in [5.74, 6) is 0.168. The zero-order valence-corrected chi connectivity index (χ0v) is 14.8. The largest absolute Gasteiger partial charge is 0.484 e. The first-order valence-electron chi connectivity index (χ1n) is 8.02. The van der Waals surface area contributed by atoms with Crippen LogP contribution in [-0.2, 0) is 19.7 Å². The molecule has 136 valence electrons. The lowest BCUT2D eigenvalue weighted by Gasteiger charge is -2.06. The molecule has 8 heteroatoms. The molecule has 0 fully saturated rings. The third-order valence-corrected chi connectivity index (χ3v) is 3.89. The van der Waals surface area contributed by atoms with E-state index in [4.69, 9.17) is 20.8 Å². The molecule has 2 heterocycles. The summed E-state index contributed by atoms with van der Waals surface area (Å²) in [7, 11) is 0. The van der Waals surface area contributed by atoms with E-state index in [0.29, 0.717) is 18.1 Å². The molecule has 0 bridgehead atoms. The van der Waals surface area contributed by atoms with Crippen molar-refractivity contribution in [1.82, 2.24) is 15.1 Å². The van der Waals surface area contributed by atoms with E-state index < -0.39 is 5.82 Å². The number of furan rings is 1. The number of aromatic nitrogens is 2. The molecule has 0 aliphatic rings. The lowest BCUT2D eigenvalue weighted by atomic mass is 10.3. The maximum absolute atomic E-state index is 13.0. The zero-order chi connectivity index (χ0) is 18.5. The van der Waals surface area contributed by atoms with E-state index in [9.17, 15) is 9.18 Å². The Kier molecular flexibility index (Phi) is 5.58. The van der Waals surface area contributed by atoms with Gasteiger partial charge in [-0.15, -0.1) is 0 Å². The summed E-state index contributed by atoms with van der Waals surface area (Å²) < 4.78 is 25.7. The van der Waals surface area contributed by atoms with Crippen molar-refractivity contribution in [3.05, 3.63) is 70.6 Å². The third kappa shape index (κ3) is 4.43. The van der Waals surface area contributed by atoms with E-state index in [1.165, 1.54) is 12.1 Å². The highest BCUT2D eigenvalue weighted by Gasteiger charge is 2.12. The number of ether oxygens (including phenoxy) is 1. The van der Waals surface area contributed by atoms with E-state index in [0.717, 1.165) is 18.3 Å². The molecule has 0 atom stereocenters. The van der Waals surface area contributed by atoms with Crippen molar-refractivity contribution < 1.29 is 18.3 Å². The number of benzene rings is 1. The number of hydrogen-bond donors (Lipinski definition) is 1. The van der Waals surface area contributed by atoms with Crippen LogP contribution in [0.2, 0.25) is 5.02 Å². The fraction of sp³-hybridized carbons (Fsp3) is 0.222. The van der Waals surface area contributed by atoms with Crippen LogP contribution < -0.4 is 10.1 Å². The molecule has 3 aromatic rings. The van der Waals surface area contributed by atoms with Crippen molar-refractivity contribution >= 4 is 17.5 Å². The highest BCUT2D eigenvalue weighted by Crippen LogP contribution is 2.25. The number of aryl methyl sites for hydroxylation is 1. The van der Waals surface area contributed by atoms with E-state index in [-0.39, 0.29) is 23.3 Å². The molecule has 0 aliphatic carbocycles. The van der Waals surface area contributed by atoms with Crippen molar-refractivity contribution in [2.45, 2.75) is 26.6 Å². The summed E-state index contributed by atoms with van der Waals surface area (Å²) in [4.78, 5) is 12.1. The quantitative estimate of drug-likeness (QED) is 0.680. The number of nitrogens with one attached hydrogen (secondary N) is 1. The van der Waals surface area contributed by atoms with Crippen LogP contribution in [0.25, 0.3) is 0 Å². The van der Waals surface area contributed by atoms with Crippen molar-refractivity contribution in [2.75, 3.05) is 0 Å². The Morgan fingerprint density at radius 2 is 2.19 bits per heavy atom. The predicted octanol–water partition coefficient (Wildman–Crippen LogP) is 3.80. The van der Waals surface area contributed by atoms with Crippen molar-refractivity contribution in [1.29, 1.82) is 0 Å². The summed E-state index contributed by atoms with van der Waals surface area (Å²) in [6.07, 6.45) is 1.85. The standard InChI is InChI=1S/C18H17ClFN3O3/c1-2-23-8-7-13(22-23)10-21-18(24)17-6-4-14(26-17)11-25-16-5-3-12(20)9-15(16)19/h3-9H,2,10-11H2,1H3,(H,21,24). The molecule has 0 aliphatic heterocycles. The van der Waals surface area contributed by atoms with Crippen LogP contribution in [0.15, 0.2) is 47.0 Å². The van der Waals surface area contributed by atoms with Crippen LogP contribution in [-0.4, -0.2) is 15.7 Å². The molecule has 0 unspecified atom stereocenters. The van der Waals surface area contributed by atoms with Gasteiger partial charge in [0.1, 0.15) is 23.9 Å². The van der Waals surface area contributed by atoms with E-state index in [2.05, 4.69) is 10.4 Å². The van der Waals surface area contributed by atoms with Gasteiger partial charge in [0.05, 0.1) is 17.3 Å². The minimum atomic E-state index is -0.442. The lowest BCUT2D eigenvalue weighted by Crippen LogP contribution is -2.22. The third-order valence-electron chi connectivity index (χ3n) is 3.60. The van der Waals surface area contributed by atoms with Gasteiger partial charge >= 0.3 is 0 Å². The normalized spacial score (nSPS) is 10.7. The Morgan fingerprint density at radius 1 is 1.35 bits per heavy atom. The van der Waals surface area contributed by atoms with Gasteiger partial charge in [0.2, 0.25) is 0 Å². The first-order valence-corrected chi connectivity index (χ1v) is 8.40. The predicted molar refractivity (Wildman–Crippen MR) is 93.5 cm³/mol. The number of halogens is 2. The van der Waals surface area contributed by atoms with Crippen molar-refractivity contribution in [3.8, 4) is 5.75 Å². The van der Waals surface area contributed by atoms with Crippen molar-refractivity contribution in [3.63, 3.8) is 0 Å². The fourth-order valence-electron chi connectivity index (χ4n) is 2.25. The first kappa shape index (κ1) is 18.0. The molecule has 0 spiro atoms. The minimum Gasteiger partial charge on any atom is -0.484 e. The number of nitrogens with zero attached hydrogens (tertiary/aromatic N) is 2. The molecule has 0 saturated carbocycles. The molecule has 26 heavy (non-hydrogen) atoms. The molecule has 1 N–H and O–H groups in total. The van der Waals surface area contributed by atoms with E-state index in [1.807, 2.05) is 19.2 Å². The van der Waals surface area contributed by atoms with Gasteiger partial charge in [-0.3, -0.25) is 9.48 Å². The molecule has 1 amide bonds. The van der Waals surface area contributed by atoms with Gasteiger partial charge in [0, 0.05) is 12.7 Å². The molecule has 0 saturated heterocycles. The Hall–Kier alpha value is -2.80. The van der Waals surface area contributed by atoms with Gasteiger partial charge in [-0.1, -0.05) is 11.6 Å². The van der Waals surface area contributed by atoms with Gasteiger partial charge in [0.15, 0.2) is 5.76 Å². The molecule has 6 nitrogen and oxygen atoms in total. The number of carbonyl (C=O) groups is 1. The van der Waals surface area contributed by atoms with Crippen LogP contribution in [0, 0.1) is 5.82 Å². The average molecular weight is 378 g/mol. The maximum atomic E-state index is 13.0. The molecular weight excluding hydrogens is 361 g/mol. The number of carbonyl (C=O) groups excluding carboxylic acids is 1. The average Bonchev–Trinajstić information content (AvgIpc) is 3.28. The van der Waals surface area contributed by atoms with Crippen LogP contribution in [0.4, 0.5) is 4.39 Å². The molecule has 3 rings (SSSR count). The topological polar surface area (TPSA) is 69.3 Å². The Morgan fingerprint density at radius 3 is 2.92 bits per heavy atom. The van der Waals surface area contributed by atoms with E-state index in [1.54, 1.807) is 16.8 Å². The van der Waals surface area contributed by atoms with Crippen LogP contribution in [0.1, 0.15) is 28.9 Å². The van der Waals surface area contributed by atoms with Gasteiger partial charge in [-0.2, -0.15) is 5.10 Å². The van der Waals surface area contributed by atoms with Crippen LogP contribution in [0.5, 0.6) is 5.75 Å². The van der Waals surface area contributed by atoms with Gasteiger partial charge < -0.3 is 14.5 Å². The Balaban J connectivity index is 1.54. The fourth-order valence-corrected chi connectivity index (χ4v) is 2.47. The van der Waals surface area contributed by atoms with Gasteiger partial charge in [-0.05, 0) is 43.3 Å². The minimum absolute atomic E-state index is 0.0690. The number of hydrogen-bond acceptors (Lipinski definition) is 4. The second kappa shape index (κ2) is 8.05. The summed E-state index contributed by atoms with van der Waals surface area (Å²) in [6.45, 7) is 3.14. The number of rotatable bonds is 7. The van der Waals surface area contributed by atoms with E-state index >= 15 is 0 Å². The van der Waals surface area contributed by atoms with Crippen LogP contribution >= 0.6 is 11.6 Å². The molecule has 1 aromatic carbocycles. The second-order valence-electron chi connectivity index (χ2n) is 5.47. The highest BCUT2D eigenvalue weighted by atomic mass is 35.5. The Labute approximate surface area is 154 Å². The zero-order valence-electron chi connectivity index (χ0n) is 14.0. The second-order valence-corrected chi connectivity index (χ2v) is 5.88. The van der Waals surface area contributed by atoms with Gasteiger partial charge in [-0.25, -0.2) is 4.39 Å². The monoisotopic (exact) mass is 377 g/mol. The Bertz CT molecular complexity index is 907. The summed E-state index contributed by atoms with van der Waals surface area (Å²) in [6, 6.07) is 8.89. The summed E-state index contributed by atoms with van der Waals surface area (Å²) in [5, 5.41) is 7.20. The summed E-state index contributed by atoms with van der Waals surface area (Å²) >= 11 is 5.90. The summed E-state index contributed by atoms with van der Waals surface area (Å²) in [5.41, 5.74) is 0.765. The molecule has 0 radical (unpaired) electrons. The highest BCUT2D eigenvalue weighted by molar-refractivity contribution is 6.32. The van der Waals surface area contributed by atoms with Crippen molar-refractivity contribution in [2.24, 2.45) is 0 Å². The molecular formula is C18H17ClFN3O3. The maximum Gasteiger partial charge on any atom is 0.287 e. The van der Waals surface area contributed by atoms with Gasteiger partial charge in [0.25, 0.3) is 5.91 Å². The molecule has 2 aromatic heterocycles.